The van der Waals surface area contributed by atoms with Crippen molar-refractivity contribution < 1.29 is 14.6 Å². The van der Waals surface area contributed by atoms with Crippen molar-refractivity contribution in [1.82, 2.24) is 0 Å². The van der Waals surface area contributed by atoms with E-state index in [2.05, 4.69) is 5.32 Å². The lowest BCUT2D eigenvalue weighted by atomic mass is 10.1. The van der Waals surface area contributed by atoms with Gasteiger partial charge in [-0.25, -0.2) is 0 Å². The molecule has 0 saturated carbocycles. The van der Waals surface area contributed by atoms with Gasteiger partial charge in [0.05, 0.1) is 12.2 Å². The Labute approximate surface area is 130 Å². The highest BCUT2D eigenvalue weighted by atomic mass is 16.5. The maximum atomic E-state index is 12.3. The molecule has 4 nitrogen and oxygen atoms in total. The molecule has 2 N–H and O–H groups in total. The first-order valence-corrected chi connectivity index (χ1v) is 7.32. The van der Waals surface area contributed by atoms with Crippen LogP contribution < -0.4 is 10.1 Å². The summed E-state index contributed by atoms with van der Waals surface area (Å²) in [5, 5.41) is 12.4. The Morgan fingerprint density at radius 3 is 2.50 bits per heavy atom. The monoisotopic (exact) mass is 299 g/mol. The Hall–Kier alpha value is -2.33. The van der Waals surface area contributed by atoms with E-state index in [0.29, 0.717) is 17.0 Å². The van der Waals surface area contributed by atoms with Gasteiger partial charge >= 0.3 is 0 Å². The molecule has 1 amide bonds. The predicted molar refractivity (Wildman–Crippen MR) is 87.2 cm³/mol. The van der Waals surface area contributed by atoms with Gasteiger partial charge in [0.2, 0.25) is 0 Å². The molecule has 4 heteroatoms. The maximum absolute atomic E-state index is 12.3. The van der Waals surface area contributed by atoms with E-state index in [1.54, 1.807) is 43.3 Å². The third kappa shape index (κ3) is 4.33. The van der Waals surface area contributed by atoms with Crippen LogP contribution in [-0.4, -0.2) is 17.1 Å². The van der Waals surface area contributed by atoms with Crippen LogP contribution in [0.5, 0.6) is 5.75 Å². The number of hydrogen-bond acceptors (Lipinski definition) is 3. The molecule has 0 radical (unpaired) electrons. The summed E-state index contributed by atoms with van der Waals surface area (Å²) in [6.07, 6.45) is -0.513. The van der Waals surface area contributed by atoms with Crippen molar-refractivity contribution in [2.45, 2.75) is 33.0 Å². The highest BCUT2D eigenvalue weighted by Crippen LogP contribution is 2.19. The van der Waals surface area contributed by atoms with Crippen molar-refractivity contribution in [2.75, 3.05) is 5.32 Å². The number of amides is 1. The van der Waals surface area contributed by atoms with Gasteiger partial charge in [0.15, 0.2) is 0 Å². The van der Waals surface area contributed by atoms with Gasteiger partial charge < -0.3 is 15.2 Å². The molecule has 116 valence electrons. The largest absolute Gasteiger partial charge is 0.491 e. The van der Waals surface area contributed by atoms with Crippen LogP contribution in [0.4, 0.5) is 5.69 Å². The molecule has 0 bridgehead atoms. The van der Waals surface area contributed by atoms with Gasteiger partial charge in [-0.15, -0.1) is 0 Å². The number of carbonyl (C=O) groups is 1. The molecule has 2 rings (SSSR count). The summed E-state index contributed by atoms with van der Waals surface area (Å²) >= 11 is 0. The summed E-state index contributed by atoms with van der Waals surface area (Å²) in [7, 11) is 0. The standard InChI is InChI=1S/C18H21NO3/c1-12(2)22-17-9-5-7-15(11-17)18(21)19-16-8-4-6-14(10-16)13(3)20/h4-13,20H,1-3H3,(H,19,21)/t13-/m1/s1. The second-order valence-corrected chi connectivity index (χ2v) is 5.45. The number of rotatable bonds is 5. The molecule has 2 aromatic rings. The highest BCUT2D eigenvalue weighted by molar-refractivity contribution is 6.04. The molecule has 0 aromatic heterocycles. The van der Waals surface area contributed by atoms with Crippen LogP contribution in [0, 0.1) is 0 Å². The number of hydrogen-bond donors (Lipinski definition) is 2. The lowest BCUT2D eigenvalue weighted by Crippen LogP contribution is -2.13. The quantitative estimate of drug-likeness (QED) is 0.883. The van der Waals surface area contributed by atoms with Gasteiger partial charge in [0.1, 0.15) is 5.75 Å². The third-order valence-electron chi connectivity index (χ3n) is 3.09. The normalized spacial score (nSPS) is 12.0. The van der Waals surface area contributed by atoms with Gasteiger partial charge in [-0.05, 0) is 56.7 Å². The average Bonchev–Trinajstić information content (AvgIpc) is 2.47. The second-order valence-electron chi connectivity index (χ2n) is 5.45. The Morgan fingerprint density at radius 1 is 1.09 bits per heavy atom. The van der Waals surface area contributed by atoms with Crippen LogP contribution in [0.1, 0.15) is 42.8 Å². The van der Waals surface area contributed by atoms with Gasteiger partial charge in [-0.2, -0.15) is 0 Å². The second kappa shape index (κ2) is 7.09. The zero-order valence-electron chi connectivity index (χ0n) is 13.0. The Morgan fingerprint density at radius 2 is 1.82 bits per heavy atom. The number of aliphatic hydroxyl groups is 1. The van der Waals surface area contributed by atoms with Crippen molar-refractivity contribution in [3.05, 3.63) is 59.7 Å². The first-order valence-electron chi connectivity index (χ1n) is 7.32. The van der Waals surface area contributed by atoms with Crippen LogP contribution in [-0.2, 0) is 0 Å². The molecule has 1 atom stereocenters. The number of nitrogens with one attached hydrogen (secondary N) is 1. The number of carbonyl (C=O) groups excluding carboxylic acids is 1. The van der Waals surface area contributed by atoms with Crippen LogP contribution in [0.3, 0.4) is 0 Å². The van der Waals surface area contributed by atoms with E-state index in [9.17, 15) is 9.90 Å². The molecule has 2 aromatic carbocycles. The average molecular weight is 299 g/mol. The van der Waals surface area contributed by atoms with Gasteiger partial charge in [0.25, 0.3) is 5.91 Å². The first kappa shape index (κ1) is 16.0. The maximum Gasteiger partial charge on any atom is 0.255 e. The first-order chi connectivity index (χ1) is 10.5. The smallest absolute Gasteiger partial charge is 0.255 e. The van der Waals surface area contributed by atoms with Gasteiger partial charge in [-0.3, -0.25) is 4.79 Å². The molecule has 0 fully saturated rings. The molecule has 0 heterocycles. The van der Waals surface area contributed by atoms with Crippen molar-refractivity contribution in [3.8, 4) is 5.75 Å². The van der Waals surface area contributed by atoms with E-state index in [-0.39, 0.29) is 12.0 Å². The molecule has 0 saturated heterocycles. The van der Waals surface area contributed by atoms with Crippen molar-refractivity contribution in [2.24, 2.45) is 0 Å². The molecule has 22 heavy (non-hydrogen) atoms. The van der Waals surface area contributed by atoms with E-state index in [1.165, 1.54) is 0 Å². The zero-order valence-corrected chi connectivity index (χ0v) is 13.0. The lowest BCUT2D eigenvalue weighted by molar-refractivity contribution is 0.102. The fourth-order valence-corrected chi connectivity index (χ4v) is 2.06. The topological polar surface area (TPSA) is 58.6 Å². The van der Waals surface area contributed by atoms with E-state index in [0.717, 1.165) is 5.56 Å². The SMILES string of the molecule is CC(C)Oc1cccc(C(=O)Nc2cccc([C@@H](C)O)c2)c1. The summed E-state index contributed by atoms with van der Waals surface area (Å²) in [5.41, 5.74) is 1.94. The number of anilines is 1. The van der Waals surface area contributed by atoms with Crippen molar-refractivity contribution >= 4 is 11.6 Å². The third-order valence-corrected chi connectivity index (χ3v) is 3.09. The van der Waals surface area contributed by atoms with Crippen LogP contribution in [0.25, 0.3) is 0 Å². The van der Waals surface area contributed by atoms with E-state index in [4.69, 9.17) is 4.74 Å². The predicted octanol–water partition coefficient (Wildman–Crippen LogP) is 3.78. The lowest BCUT2D eigenvalue weighted by Gasteiger charge is -2.12. The highest BCUT2D eigenvalue weighted by Gasteiger charge is 2.09. The fourth-order valence-electron chi connectivity index (χ4n) is 2.06. The zero-order chi connectivity index (χ0) is 16.1. The summed E-state index contributed by atoms with van der Waals surface area (Å²) in [4.78, 5) is 12.3. The number of benzene rings is 2. The number of aliphatic hydroxyl groups excluding tert-OH is 1. The summed E-state index contributed by atoms with van der Waals surface area (Å²) < 4.78 is 5.59. The van der Waals surface area contributed by atoms with E-state index < -0.39 is 6.10 Å². The minimum absolute atomic E-state index is 0.0565. The Kier molecular flexibility index (Phi) is 5.17. The fraction of sp³-hybridized carbons (Fsp3) is 0.278. The van der Waals surface area contributed by atoms with Crippen molar-refractivity contribution in [1.29, 1.82) is 0 Å². The summed E-state index contributed by atoms with van der Waals surface area (Å²) in [6.45, 7) is 5.57. The molecular weight excluding hydrogens is 278 g/mol. The van der Waals surface area contributed by atoms with Crippen LogP contribution >= 0.6 is 0 Å². The van der Waals surface area contributed by atoms with E-state index >= 15 is 0 Å². The van der Waals surface area contributed by atoms with Crippen LogP contribution in [0.15, 0.2) is 48.5 Å². The van der Waals surface area contributed by atoms with Crippen LogP contribution in [0.2, 0.25) is 0 Å². The Bertz CT molecular complexity index is 650. The Balaban J connectivity index is 2.13. The number of ether oxygens (including phenoxy) is 1. The minimum Gasteiger partial charge on any atom is -0.491 e. The van der Waals surface area contributed by atoms with E-state index in [1.807, 2.05) is 26.0 Å². The molecule has 0 aliphatic heterocycles. The summed E-state index contributed by atoms with van der Waals surface area (Å²) in [5.74, 6) is 0.456. The molecule has 0 unspecified atom stereocenters. The minimum atomic E-state index is -0.570. The molecule has 0 spiro atoms. The molecular formula is C18H21NO3. The molecule has 0 aliphatic carbocycles. The molecule has 0 aliphatic rings. The van der Waals surface area contributed by atoms with Gasteiger partial charge in [-0.1, -0.05) is 18.2 Å². The summed E-state index contributed by atoms with van der Waals surface area (Å²) in [6, 6.07) is 14.2. The van der Waals surface area contributed by atoms with Crippen molar-refractivity contribution in [3.63, 3.8) is 0 Å². The van der Waals surface area contributed by atoms with Gasteiger partial charge in [0, 0.05) is 11.3 Å².